The SMILES string of the molecule is CC1C(O)CCC2(C)C1CCC1(C)C2CCC2C3CCCC3(C(=O)O)CC[C@]21C. The topological polar surface area (TPSA) is 57.5 Å². The Morgan fingerprint density at radius 2 is 1.55 bits per heavy atom. The third-order valence-electron chi connectivity index (χ3n) is 12.3. The molecule has 0 aromatic rings. The van der Waals surface area contributed by atoms with Gasteiger partial charge in [-0.1, -0.05) is 34.1 Å². The number of rotatable bonds is 1. The van der Waals surface area contributed by atoms with Crippen molar-refractivity contribution < 1.29 is 15.0 Å². The molecule has 5 rings (SSSR count). The Morgan fingerprint density at radius 1 is 0.793 bits per heavy atom. The fourth-order valence-electron chi connectivity index (χ4n) is 10.5. The van der Waals surface area contributed by atoms with Gasteiger partial charge in [0.25, 0.3) is 0 Å². The van der Waals surface area contributed by atoms with Gasteiger partial charge in [-0.15, -0.1) is 0 Å². The van der Waals surface area contributed by atoms with Crippen LogP contribution in [0.4, 0.5) is 0 Å². The van der Waals surface area contributed by atoms with Crippen molar-refractivity contribution in [1.29, 1.82) is 0 Å². The highest BCUT2D eigenvalue weighted by molar-refractivity contribution is 5.76. The van der Waals surface area contributed by atoms with E-state index in [0.29, 0.717) is 34.5 Å². The van der Waals surface area contributed by atoms with Gasteiger partial charge in [-0.3, -0.25) is 4.79 Å². The first-order chi connectivity index (χ1) is 13.6. The van der Waals surface area contributed by atoms with Crippen molar-refractivity contribution in [3.8, 4) is 0 Å². The highest BCUT2D eigenvalue weighted by Gasteiger charge is 2.69. The molecule has 0 heterocycles. The van der Waals surface area contributed by atoms with E-state index < -0.39 is 11.4 Å². The first-order valence-corrected chi connectivity index (χ1v) is 12.5. The number of carboxylic acids is 1. The summed E-state index contributed by atoms with van der Waals surface area (Å²) in [4.78, 5) is 12.4. The van der Waals surface area contributed by atoms with Crippen molar-refractivity contribution in [1.82, 2.24) is 0 Å². The van der Waals surface area contributed by atoms with Crippen molar-refractivity contribution >= 4 is 5.97 Å². The highest BCUT2D eigenvalue weighted by Crippen LogP contribution is 2.75. The van der Waals surface area contributed by atoms with Crippen LogP contribution in [0.5, 0.6) is 0 Å². The molecule has 5 saturated carbocycles. The van der Waals surface area contributed by atoms with E-state index in [9.17, 15) is 15.0 Å². The average molecular weight is 403 g/mol. The van der Waals surface area contributed by atoms with Gasteiger partial charge in [0, 0.05) is 0 Å². The molecule has 0 spiro atoms. The lowest BCUT2D eigenvalue weighted by Gasteiger charge is -2.71. The van der Waals surface area contributed by atoms with Crippen LogP contribution in [0, 0.1) is 51.2 Å². The number of aliphatic hydroxyl groups is 1. The van der Waals surface area contributed by atoms with Gasteiger partial charge in [0.2, 0.25) is 0 Å². The van der Waals surface area contributed by atoms with Gasteiger partial charge in [0.1, 0.15) is 0 Å². The van der Waals surface area contributed by atoms with Crippen LogP contribution in [0.25, 0.3) is 0 Å². The standard InChI is InChI=1S/C26H42O3/c1-16-17-9-13-25(4)21(23(17,2)12-10-20(16)27)8-7-18-19-6-5-11-26(19,22(28)29)15-14-24(18,25)3/h16-21,27H,5-15H2,1-4H3,(H,28,29)/t16?,17?,18?,19?,20?,21?,23?,24-,25?,26?/m1/s1. The van der Waals surface area contributed by atoms with E-state index in [0.717, 1.165) is 44.4 Å². The minimum Gasteiger partial charge on any atom is -0.481 e. The number of hydrogen-bond donors (Lipinski definition) is 2. The molecular formula is C26H42O3. The molecule has 10 atom stereocenters. The van der Waals surface area contributed by atoms with Crippen LogP contribution in [0.15, 0.2) is 0 Å². The Balaban J connectivity index is 1.52. The highest BCUT2D eigenvalue weighted by atomic mass is 16.4. The Bertz CT molecular complexity index is 704. The predicted octanol–water partition coefficient (Wildman–Crippen LogP) is 5.90. The molecule has 9 unspecified atom stereocenters. The quantitative estimate of drug-likeness (QED) is 0.574. The van der Waals surface area contributed by atoms with E-state index in [1.165, 1.54) is 32.1 Å². The normalized spacial score (nSPS) is 59.2. The molecule has 0 saturated heterocycles. The lowest BCUT2D eigenvalue weighted by Crippen LogP contribution is -2.65. The summed E-state index contributed by atoms with van der Waals surface area (Å²) >= 11 is 0. The van der Waals surface area contributed by atoms with Gasteiger partial charge in [-0.05, 0) is 110 Å². The zero-order chi connectivity index (χ0) is 20.8. The number of carboxylic acid groups (broad SMARTS) is 1. The lowest BCUT2D eigenvalue weighted by atomic mass is 9.33. The molecule has 5 aliphatic carbocycles. The second-order valence-corrected chi connectivity index (χ2v) is 12.6. The van der Waals surface area contributed by atoms with Crippen LogP contribution in [0.3, 0.4) is 0 Å². The predicted molar refractivity (Wildman–Crippen MR) is 114 cm³/mol. The second-order valence-electron chi connectivity index (χ2n) is 12.6. The molecule has 3 heteroatoms. The van der Waals surface area contributed by atoms with Gasteiger partial charge in [-0.25, -0.2) is 0 Å². The van der Waals surface area contributed by atoms with Gasteiger partial charge in [0.05, 0.1) is 11.5 Å². The van der Waals surface area contributed by atoms with Crippen molar-refractivity contribution in [3.63, 3.8) is 0 Å². The summed E-state index contributed by atoms with van der Waals surface area (Å²) in [6.45, 7) is 10.0. The third kappa shape index (κ3) is 2.32. The Hall–Kier alpha value is -0.570. The zero-order valence-corrected chi connectivity index (χ0v) is 19.0. The van der Waals surface area contributed by atoms with Crippen molar-refractivity contribution in [2.75, 3.05) is 0 Å². The Kier molecular flexibility index (Phi) is 4.37. The van der Waals surface area contributed by atoms with Gasteiger partial charge in [0.15, 0.2) is 0 Å². The summed E-state index contributed by atoms with van der Waals surface area (Å²) in [6.07, 6.45) is 12.2. The largest absolute Gasteiger partial charge is 0.481 e. The van der Waals surface area contributed by atoms with Crippen molar-refractivity contribution in [2.24, 2.45) is 51.2 Å². The monoisotopic (exact) mass is 402 g/mol. The van der Waals surface area contributed by atoms with Crippen LogP contribution in [-0.2, 0) is 4.79 Å². The maximum atomic E-state index is 12.4. The summed E-state index contributed by atoms with van der Waals surface area (Å²) in [6, 6.07) is 0. The van der Waals surface area contributed by atoms with E-state index in [1.54, 1.807) is 0 Å². The van der Waals surface area contributed by atoms with E-state index in [4.69, 9.17) is 0 Å². The van der Waals surface area contributed by atoms with Crippen LogP contribution < -0.4 is 0 Å². The number of aliphatic carboxylic acids is 1. The molecule has 0 aromatic heterocycles. The zero-order valence-electron chi connectivity index (χ0n) is 19.0. The van der Waals surface area contributed by atoms with E-state index in [1.807, 2.05) is 0 Å². The summed E-state index contributed by atoms with van der Waals surface area (Å²) in [5.74, 6) is 2.28. The maximum Gasteiger partial charge on any atom is 0.309 e. The summed E-state index contributed by atoms with van der Waals surface area (Å²) in [7, 11) is 0. The van der Waals surface area contributed by atoms with Crippen LogP contribution in [0.2, 0.25) is 0 Å². The van der Waals surface area contributed by atoms with Gasteiger partial charge in [-0.2, -0.15) is 0 Å². The second kappa shape index (κ2) is 6.24. The van der Waals surface area contributed by atoms with Crippen LogP contribution in [0.1, 0.15) is 98.3 Å². The van der Waals surface area contributed by atoms with Crippen molar-refractivity contribution in [3.05, 3.63) is 0 Å². The minimum absolute atomic E-state index is 0.117. The third-order valence-corrected chi connectivity index (χ3v) is 12.3. The summed E-state index contributed by atoms with van der Waals surface area (Å²) in [5.41, 5.74) is 0.516. The first-order valence-electron chi connectivity index (χ1n) is 12.5. The number of fused-ring (bicyclic) bond motifs is 7. The van der Waals surface area contributed by atoms with E-state index >= 15 is 0 Å². The minimum atomic E-state index is -0.500. The number of carbonyl (C=O) groups is 1. The molecule has 3 nitrogen and oxygen atoms in total. The molecule has 0 amide bonds. The molecule has 29 heavy (non-hydrogen) atoms. The fourth-order valence-corrected chi connectivity index (χ4v) is 10.5. The number of aliphatic hydroxyl groups excluding tert-OH is 1. The Morgan fingerprint density at radius 3 is 2.28 bits per heavy atom. The smallest absolute Gasteiger partial charge is 0.309 e. The molecule has 5 fully saturated rings. The lowest BCUT2D eigenvalue weighted by molar-refractivity contribution is -0.234. The van der Waals surface area contributed by atoms with Crippen LogP contribution in [-0.4, -0.2) is 22.3 Å². The molecule has 0 bridgehead atoms. The molecule has 5 aliphatic rings. The molecule has 164 valence electrons. The average Bonchev–Trinajstić information content (AvgIpc) is 3.11. The molecule has 2 N–H and O–H groups in total. The molecule has 0 radical (unpaired) electrons. The fraction of sp³-hybridized carbons (Fsp3) is 0.962. The summed E-state index contributed by atoms with van der Waals surface area (Å²) in [5, 5.41) is 20.8. The van der Waals surface area contributed by atoms with Crippen LogP contribution >= 0.6 is 0 Å². The molecule has 0 aliphatic heterocycles. The first kappa shape index (κ1) is 20.3. The molecular weight excluding hydrogens is 360 g/mol. The van der Waals surface area contributed by atoms with E-state index in [2.05, 4.69) is 27.7 Å². The summed E-state index contributed by atoms with van der Waals surface area (Å²) < 4.78 is 0. The molecule has 0 aromatic carbocycles. The van der Waals surface area contributed by atoms with Crippen molar-refractivity contribution in [2.45, 2.75) is 104 Å². The maximum absolute atomic E-state index is 12.4. The van der Waals surface area contributed by atoms with E-state index in [-0.39, 0.29) is 11.5 Å². The Labute approximate surface area is 177 Å². The number of hydrogen-bond acceptors (Lipinski definition) is 2. The van der Waals surface area contributed by atoms with Gasteiger partial charge >= 0.3 is 5.97 Å². The van der Waals surface area contributed by atoms with Gasteiger partial charge < -0.3 is 10.2 Å².